The molecule has 0 radical (unpaired) electrons. The van der Waals surface area contributed by atoms with E-state index in [-0.39, 0.29) is 6.54 Å². The van der Waals surface area contributed by atoms with Crippen LogP contribution in [-0.4, -0.2) is 72.0 Å². The molecule has 1 atom stereocenters. The van der Waals surface area contributed by atoms with Crippen molar-refractivity contribution < 1.29 is 29.7 Å². The van der Waals surface area contributed by atoms with Gasteiger partial charge in [-0.1, -0.05) is 0 Å². The number of carboxylic acid groups (broad SMARTS) is 3. The van der Waals surface area contributed by atoms with Gasteiger partial charge in [-0.15, -0.1) is 0 Å². The topological polar surface area (TPSA) is 148 Å². The molecule has 0 aliphatic heterocycles. The summed E-state index contributed by atoms with van der Waals surface area (Å²) in [5.74, 6) is -3.31. The summed E-state index contributed by atoms with van der Waals surface area (Å²) < 4.78 is 0. The van der Waals surface area contributed by atoms with Crippen LogP contribution in [0.15, 0.2) is 0 Å². The molecule has 110 valence electrons. The molecule has 19 heavy (non-hydrogen) atoms. The normalized spacial score (nSPS) is 12.0. The average Bonchev–Trinajstić information content (AvgIpc) is 2.29. The van der Waals surface area contributed by atoms with Crippen molar-refractivity contribution >= 4 is 17.9 Å². The third-order valence-electron chi connectivity index (χ3n) is 2.12. The Kier molecular flexibility index (Phi) is 9.31. The quantitative estimate of drug-likeness (QED) is 0.218. The minimum Gasteiger partial charge on any atom is -0.481 e. The summed E-state index contributed by atoms with van der Waals surface area (Å²) >= 11 is 0. The van der Waals surface area contributed by atoms with E-state index in [0.717, 1.165) is 0 Å². The van der Waals surface area contributed by atoms with E-state index in [1.54, 1.807) is 0 Å². The number of hydrogen-bond acceptors (Lipinski definition) is 6. The van der Waals surface area contributed by atoms with E-state index in [0.29, 0.717) is 26.2 Å². The summed E-state index contributed by atoms with van der Waals surface area (Å²) in [6.07, 6.45) is -0.477. The molecule has 0 bridgehead atoms. The molecule has 9 nitrogen and oxygen atoms in total. The van der Waals surface area contributed by atoms with Crippen molar-refractivity contribution in [3.63, 3.8) is 0 Å². The van der Waals surface area contributed by atoms with E-state index in [9.17, 15) is 14.4 Å². The van der Waals surface area contributed by atoms with Crippen LogP contribution < -0.4 is 16.0 Å². The molecular weight excluding hydrogens is 258 g/mol. The maximum absolute atomic E-state index is 10.7. The van der Waals surface area contributed by atoms with Gasteiger partial charge in [0, 0.05) is 26.2 Å². The Hall–Kier alpha value is -1.71. The lowest BCUT2D eigenvalue weighted by Crippen LogP contribution is -2.42. The predicted molar refractivity (Wildman–Crippen MR) is 65.1 cm³/mol. The molecule has 0 aromatic heterocycles. The molecule has 0 saturated carbocycles. The lowest BCUT2D eigenvalue weighted by atomic mass is 10.2. The standard InChI is InChI=1S/C10H19N3O6/c14-8(15)5-7(10(18)19)13-4-3-11-1-2-12-6-9(16)17/h7,11-13H,1-6H2,(H,14,15)(H,16,17)(H,18,19). The monoisotopic (exact) mass is 277 g/mol. The van der Waals surface area contributed by atoms with Gasteiger partial charge in [-0.2, -0.15) is 0 Å². The van der Waals surface area contributed by atoms with Gasteiger partial charge in [0.05, 0.1) is 13.0 Å². The molecule has 6 N–H and O–H groups in total. The first-order chi connectivity index (χ1) is 8.93. The first-order valence-electron chi connectivity index (χ1n) is 5.74. The highest BCUT2D eigenvalue weighted by molar-refractivity contribution is 5.80. The second kappa shape index (κ2) is 10.2. The number of carbonyl (C=O) groups is 3. The molecule has 9 heteroatoms. The van der Waals surface area contributed by atoms with Crippen molar-refractivity contribution in [2.45, 2.75) is 12.5 Å². The summed E-state index contributed by atoms with van der Waals surface area (Å²) in [6, 6.07) is -1.11. The molecule has 0 spiro atoms. The fourth-order valence-electron chi connectivity index (χ4n) is 1.25. The van der Waals surface area contributed by atoms with Crippen molar-refractivity contribution in [2.75, 3.05) is 32.7 Å². The van der Waals surface area contributed by atoms with E-state index >= 15 is 0 Å². The zero-order chi connectivity index (χ0) is 14.7. The average molecular weight is 277 g/mol. The number of rotatable bonds is 12. The molecule has 0 aromatic carbocycles. The molecule has 0 aliphatic carbocycles. The van der Waals surface area contributed by atoms with Crippen LogP contribution in [0.3, 0.4) is 0 Å². The first-order valence-corrected chi connectivity index (χ1v) is 5.74. The second-order valence-corrected chi connectivity index (χ2v) is 3.76. The molecule has 0 heterocycles. The van der Waals surface area contributed by atoms with Crippen LogP contribution in [0.2, 0.25) is 0 Å². The van der Waals surface area contributed by atoms with Gasteiger partial charge in [0.15, 0.2) is 0 Å². The van der Waals surface area contributed by atoms with Crippen molar-refractivity contribution in [1.82, 2.24) is 16.0 Å². The molecule has 0 aromatic rings. The lowest BCUT2D eigenvalue weighted by molar-refractivity contribution is -0.145. The maximum atomic E-state index is 10.7. The van der Waals surface area contributed by atoms with Crippen LogP contribution in [0.1, 0.15) is 6.42 Å². The highest BCUT2D eigenvalue weighted by Gasteiger charge is 2.19. The molecule has 0 rings (SSSR count). The van der Waals surface area contributed by atoms with Crippen LogP contribution in [0.25, 0.3) is 0 Å². The molecular formula is C10H19N3O6. The van der Waals surface area contributed by atoms with Gasteiger partial charge in [0.25, 0.3) is 0 Å². The van der Waals surface area contributed by atoms with Gasteiger partial charge in [-0.05, 0) is 0 Å². The number of nitrogens with one attached hydrogen (secondary N) is 3. The van der Waals surface area contributed by atoms with Crippen molar-refractivity contribution in [2.24, 2.45) is 0 Å². The Balaban J connectivity index is 3.52. The molecule has 0 amide bonds. The van der Waals surface area contributed by atoms with Gasteiger partial charge < -0.3 is 31.3 Å². The Morgan fingerprint density at radius 3 is 1.95 bits per heavy atom. The SMILES string of the molecule is O=C(O)CNCCNCCNC(CC(=O)O)C(=O)O. The first kappa shape index (κ1) is 17.3. The largest absolute Gasteiger partial charge is 0.481 e. The van der Waals surface area contributed by atoms with Crippen LogP contribution in [0.5, 0.6) is 0 Å². The number of carboxylic acids is 3. The van der Waals surface area contributed by atoms with Crippen molar-refractivity contribution in [1.29, 1.82) is 0 Å². The Bertz CT molecular complexity index is 310. The fourth-order valence-corrected chi connectivity index (χ4v) is 1.25. The van der Waals surface area contributed by atoms with E-state index in [1.165, 1.54) is 0 Å². The minimum atomic E-state index is -1.20. The second-order valence-electron chi connectivity index (χ2n) is 3.76. The molecule has 1 unspecified atom stereocenters. The molecule has 0 aliphatic rings. The summed E-state index contributed by atoms with van der Waals surface area (Å²) in [4.78, 5) is 31.3. The van der Waals surface area contributed by atoms with E-state index in [2.05, 4.69) is 16.0 Å². The third-order valence-corrected chi connectivity index (χ3v) is 2.12. The smallest absolute Gasteiger partial charge is 0.321 e. The van der Waals surface area contributed by atoms with Crippen LogP contribution in [-0.2, 0) is 14.4 Å². The molecule has 0 saturated heterocycles. The van der Waals surface area contributed by atoms with Gasteiger partial charge in [-0.3, -0.25) is 14.4 Å². The van der Waals surface area contributed by atoms with Gasteiger partial charge in [-0.25, -0.2) is 0 Å². The number of aliphatic carboxylic acids is 3. The Labute approximate surface area is 110 Å². The summed E-state index contributed by atoms with van der Waals surface area (Å²) in [7, 11) is 0. The Morgan fingerprint density at radius 1 is 0.842 bits per heavy atom. The lowest BCUT2D eigenvalue weighted by Gasteiger charge is -2.12. The fraction of sp³-hybridized carbons (Fsp3) is 0.700. The van der Waals surface area contributed by atoms with Gasteiger partial charge in [0.2, 0.25) is 0 Å². The highest BCUT2D eigenvalue weighted by atomic mass is 16.4. The van der Waals surface area contributed by atoms with Crippen molar-refractivity contribution in [3.8, 4) is 0 Å². The highest BCUT2D eigenvalue weighted by Crippen LogP contribution is 1.91. The summed E-state index contributed by atoms with van der Waals surface area (Å²) in [5, 5.41) is 33.8. The summed E-state index contributed by atoms with van der Waals surface area (Å²) in [5.41, 5.74) is 0. The zero-order valence-corrected chi connectivity index (χ0v) is 10.4. The zero-order valence-electron chi connectivity index (χ0n) is 10.4. The Morgan fingerprint density at radius 2 is 1.42 bits per heavy atom. The van der Waals surface area contributed by atoms with E-state index < -0.39 is 30.4 Å². The summed E-state index contributed by atoms with van der Waals surface area (Å²) in [6.45, 7) is 1.66. The van der Waals surface area contributed by atoms with E-state index in [4.69, 9.17) is 15.3 Å². The van der Waals surface area contributed by atoms with Gasteiger partial charge >= 0.3 is 17.9 Å². The van der Waals surface area contributed by atoms with E-state index in [1.807, 2.05) is 0 Å². The maximum Gasteiger partial charge on any atom is 0.321 e. The predicted octanol–water partition coefficient (Wildman–Crippen LogP) is -2.23. The third kappa shape index (κ3) is 11.1. The molecule has 0 fully saturated rings. The number of hydrogen-bond donors (Lipinski definition) is 6. The minimum absolute atomic E-state index is 0.111. The van der Waals surface area contributed by atoms with Crippen LogP contribution >= 0.6 is 0 Å². The van der Waals surface area contributed by atoms with Crippen LogP contribution in [0.4, 0.5) is 0 Å². The van der Waals surface area contributed by atoms with Gasteiger partial charge in [0.1, 0.15) is 6.04 Å². The van der Waals surface area contributed by atoms with Crippen molar-refractivity contribution in [3.05, 3.63) is 0 Å². The van der Waals surface area contributed by atoms with Crippen LogP contribution in [0, 0.1) is 0 Å².